The first-order valence-electron chi connectivity index (χ1n) is 10.3. The number of pyridine rings is 1. The molecule has 33 heavy (non-hydrogen) atoms. The van der Waals surface area contributed by atoms with Gasteiger partial charge in [-0.2, -0.15) is 0 Å². The molecule has 2 heterocycles. The van der Waals surface area contributed by atoms with E-state index in [-0.39, 0.29) is 12.5 Å². The molecule has 0 aliphatic rings. The fourth-order valence-electron chi connectivity index (χ4n) is 3.26. The maximum Gasteiger partial charge on any atom is 0.350 e. The number of aryl methyl sites for hydroxylation is 1. The van der Waals surface area contributed by atoms with Crippen LogP contribution in [0.2, 0.25) is 0 Å². The van der Waals surface area contributed by atoms with Gasteiger partial charge in [0, 0.05) is 18.4 Å². The third-order valence-corrected chi connectivity index (χ3v) is 5.08. The molecule has 0 spiro atoms. The van der Waals surface area contributed by atoms with Crippen LogP contribution in [0.4, 0.5) is 5.69 Å². The van der Waals surface area contributed by atoms with Gasteiger partial charge in [-0.15, -0.1) is 5.10 Å². The van der Waals surface area contributed by atoms with Crippen LogP contribution in [-0.2, 0) is 17.9 Å². The zero-order valence-corrected chi connectivity index (χ0v) is 18.2. The molecule has 2 aromatic carbocycles. The van der Waals surface area contributed by atoms with Crippen molar-refractivity contribution >= 4 is 23.1 Å². The van der Waals surface area contributed by atoms with Crippen molar-refractivity contribution in [3.05, 3.63) is 94.0 Å². The standard InChI is InChI=1S/C24H23N5O4/c1-16-3-5-17(6-4-16)13-25-23(31)18-7-12-21-27-29(24(32)28(21)14-18)15-22(30)26-19-8-10-20(33-2)11-9-19/h3-12,14H,13,15H2,1-2H3,(H,25,31)(H,26,30). The van der Waals surface area contributed by atoms with Gasteiger partial charge in [0.05, 0.1) is 12.7 Å². The number of aromatic nitrogens is 3. The molecule has 168 valence electrons. The lowest BCUT2D eigenvalue weighted by molar-refractivity contribution is -0.117. The number of hydrogen-bond donors (Lipinski definition) is 2. The van der Waals surface area contributed by atoms with E-state index in [1.165, 1.54) is 10.6 Å². The van der Waals surface area contributed by atoms with Crippen molar-refractivity contribution in [1.82, 2.24) is 19.5 Å². The Morgan fingerprint density at radius 3 is 2.42 bits per heavy atom. The Hall–Kier alpha value is -4.40. The van der Waals surface area contributed by atoms with Crippen LogP contribution in [0.25, 0.3) is 5.65 Å². The Bertz CT molecular complexity index is 1350. The van der Waals surface area contributed by atoms with Crippen molar-refractivity contribution < 1.29 is 14.3 Å². The summed E-state index contributed by atoms with van der Waals surface area (Å²) in [5, 5.41) is 9.73. The predicted molar refractivity (Wildman–Crippen MR) is 123 cm³/mol. The summed E-state index contributed by atoms with van der Waals surface area (Å²) in [6.45, 7) is 2.11. The van der Waals surface area contributed by atoms with Crippen LogP contribution in [0.3, 0.4) is 0 Å². The van der Waals surface area contributed by atoms with Crippen LogP contribution < -0.4 is 21.1 Å². The van der Waals surface area contributed by atoms with Crippen molar-refractivity contribution in [2.24, 2.45) is 0 Å². The third-order valence-electron chi connectivity index (χ3n) is 5.08. The summed E-state index contributed by atoms with van der Waals surface area (Å²) in [5.41, 5.74) is 2.84. The van der Waals surface area contributed by atoms with E-state index in [9.17, 15) is 14.4 Å². The molecule has 0 fully saturated rings. The number of carbonyl (C=O) groups excluding carboxylic acids is 2. The smallest absolute Gasteiger partial charge is 0.350 e. The predicted octanol–water partition coefficient (Wildman–Crippen LogP) is 2.38. The quantitative estimate of drug-likeness (QED) is 0.454. The molecular weight excluding hydrogens is 422 g/mol. The third kappa shape index (κ3) is 5.09. The maximum absolute atomic E-state index is 12.7. The van der Waals surface area contributed by atoms with Gasteiger partial charge in [-0.25, -0.2) is 13.9 Å². The molecule has 2 N–H and O–H groups in total. The molecule has 2 aromatic heterocycles. The Morgan fingerprint density at radius 1 is 1.00 bits per heavy atom. The highest BCUT2D eigenvalue weighted by molar-refractivity contribution is 5.94. The molecule has 0 aliphatic carbocycles. The van der Waals surface area contributed by atoms with Crippen molar-refractivity contribution in [2.45, 2.75) is 20.0 Å². The highest BCUT2D eigenvalue weighted by atomic mass is 16.5. The van der Waals surface area contributed by atoms with Gasteiger partial charge < -0.3 is 15.4 Å². The monoisotopic (exact) mass is 445 g/mol. The Morgan fingerprint density at radius 2 is 1.73 bits per heavy atom. The van der Waals surface area contributed by atoms with Crippen LogP contribution in [0.1, 0.15) is 21.5 Å². The van der Waals surface area contributed by atoms with Crippen LogP contribution in [0.5, 0.6) is 5.75 Å². The minimum absolute atomic E-state index is 0.262. The highest BCUT2D eigenvalue weighted by Gasteiger charge is 2.14. The average Bonchev–Trinajstić information content (AvgIpc) is 3.13. The molecule has 9 heteroatoms. The first-order chi connectivity index (χ1) is 15.9. The van der Waals surface area contributed by atoms with Gasteiger partial charge >= 0.3 is 5.69 Å². The van der Waals surface area contributed by atoms with Gasteiger partial charge in [-0.3, -0.25) is 9.59 Å². The molecule has 0 aliphatic heterocycles. The number of methoxy groups -OCH3 is 1. The number of nitrogens with zero attached hydrogens (tertiary/aromatic N) is 3. The highest BCUT2D eigenvalue weighted by Crippen LogP contribution is 2.15. The van der Waals surface area contributed by atoms with E-state index in [0.717, 1.165) is 15.8 Å². The van der Waals surface area contributed by atoms with Crippen LogP contribution in [0.15, 0.2) is 71.7 Å². The van der Waals surface area contributed by atoms with Crippen molar-refractivity contribution in [3.63, 3.8) is 0 Å². The molecule has 0 unspecified atom stereocenters. The number of ether oxygens (including phenoxy) is 1. The minimum atomic E-state index is -0.511. The number of rotatable bonds is 7. The van der Waals surface area contributed by atoms with Gasteiger partial charge in [-0.1, -0.05) is 29.8 Å². The van der Waals surface area contributed by atoms with Crippen LogP contribution in [0, 0.1) is 6.92 Å². The lowest BCUT2D eigenvalue weighted by atomic mass is 10.1. The van der Waals surface area contributed by atoms with Gasteiger partial charge in [-0.05, 0) is 48.9 Å². The van der Waals surface area contributed by atoms with Crippen molar-refractivity contribution in [3.8, 4) is 5.75 Å². The zero-order chi connectivity index (χ0) is 23.4. The Labute approximate surface area is 189 Å². The number of carbonyl (C=O) groups is 2. The van der Waals surface area contributed by atoms with Gasteiger partial charge in [0.1, 0.15) is 12.3 Å². The Balaban J connectivity index is 1.44. The Kier molecular flexibility index (Phi) is 6.21. The first-order valence-corrected chi connectivity index (χ1v) is 10.3. The summed E-state index contributed by atoms with van der Waals surface area (Å²) in [4.78, 5) is 37.6. The number of hydrogen-bond acceptors (Lipinski definition) is 5. The molecule has 0 saturated heterocycles. The number of anilines is 1. The summed E-state index contributed by atoms with van der Waals surface area (Å²) in [6, 6.07) is 17.9. The normalized spacial score (nSPS) is 10.7. The molecule has 9 nitrogen and oxygen atoms in total. The molecule has 0 atom stereocenters. The molecule has 4 aromatic rings. The van der Waals surface area contributed by atoms with E-state index in [0.29, 0.717) is 29.2 Å². The topological polar surface area (TPSA) is 107 Å². The molecule has 0 radical (unpaired) electrons. The number of nitrogens with one attached hydrogen (secondary N) is 2. The largest absolute Gasteiger partial charge is 0.497 e. The second-order valence-corrected chi connectivity index (χ2v) is 7.53. The number of amides is 2. The molecule has 0 bridgehead atoms. The first kappa shape index (κ1) is 21.8. The fourth-order valence-corrected chi connectivity index (χ4v) is 3.26. The molecule has 0 saturated carbocycles. The molecule has 2 amide bonds. The fraction of sp³-hybridized carbons (Fsp3) is 0.167. The van der Waals surface area contributed by atoms with E-state index in [2.05, 4.69) is 15.7 Å². The van der Waals surface area contributed by atoms with Crippen molar-refractivity contribution in [1.29, 1.82) is 0 Å². The van der Waals surface area contributed by atoms with E-state index < -0.39 is 11.6 Å². The number of benzene rings is 2. The van der Waals surface area contributed by atoms with Gasteiger partial charge in [0.15, 0.2) is 5.65 Å². The summed E-state index contributed by atoms with van der Waals surface area (Å²) in [5.74, 6) is -0.0422. The molecular formula is C24H23N5O4. The average molecular weight is 445 g/mol. The van der Waals surface area contributed by atoms with Gasteiger partial charge in [0.2, 0.25) is 5.91 Å². The van der Waals surface area contributed by atoms with Crippen LogP contribution in [-0.4, -0.2) is 33.1 Å². The summed E-state index contributed by atoms with van der Waals surface area (Å²) in [7, 11) is 1.56. The van der Waals surface area contributed by atoms with Gasteiger partial charge in [0.25, 0.3) is 5.91 Å². The SMILES string of the molecule is COc1ccc(NC(=O)Cn2nc3ccc(C(=O)NCc4ccc(C)cc4)cn3c2=O)cc1. The summed E-state index contributed by atoms with van der Waals surface area (Å²) < 4.78 is 7.40. The van der Waals surface area contributed by atoms with E-state index in [1.807, 2.05) is 31.2 Å². The van der Waals surface area contributed by atoms with Crippen molar-refractivity contribution in [2.75, 3.05) is 12.4 Å². The lowest BCUT2D eigenvalue weighted by Gasteiger charge is -2.06. The lowest BCUT2D eigenvalue weighted by Crippen LogP contribution is -2.28. The number of fused-ring (bicyclic) bond motifs is 1. The second-order valence-electron chi connectivity index (χ2n) is 7.53. The summed E-state index contributed by atoms with van der Waals surface area (Å²) in [6.07, 6.45) is 1.42. The maximum atomic E-state index is 12.7. The zero-order valence-electron chi connectivity index (χ0n) is 18.2. The van der Waals surface area contributed by atoms with Crippen LogP contribution >= 0.6 is 0 Å². The van der Waals surface area contributed by atoms with E-state index in [4.69, 9.17) is 4.74 Å². The molecule has 4 rings (SSSR count). The van der Waals surface area contributed by atoms with E-state index >= 15 is 0 Å². The summed E-state index contributed by atoms with van der Waals surface area (Å²) >= 11 is 0. The van der Waals surface area contributed by atoms with E-state index in [1.54, 1.807) is 43.5 Å². The second kappa shape index (κ2) is 9.39. The minimum Gasteiger partial charge on any atom is -0.497 e.